The fraction of sp³-hybridized carbons (Fsp3) is 0.522. The largest absolute Gasteiger partial charge is 0.437 e. The van der Waals surface area contributed by atoms with Gasteiger partial charge in [0.05, 0.1) is 18.3 Å². The molecule has 2 fully saturated rings. The van der Waals surface area contributed by atoms with E-state index >= 15 is 0 Å². The number of carbonyl (C=O) groups excluding carboxylic acids is 2. The Morgan fingerprint density at radius 2 is 1.82 bits per heavy atom. The van der Waals surface area contributed by atoms with Gasteiger partial charge in [0.25, 0.3) is 5.91 Å². The zero-order valence-corrected chi connectivity index (χ0v) is 18.4. The molecule has 0 N–H and O–H groups in total. The highest BCUT2D eigenvalue weighted by Crippen LogP contribution is 2.39. The van der Waals surface area contributed by atoms with Crippen molar-refractivity contribution in [1.82, 2.24) is 19.6 Å². The minimum Gasteiger partial charge on any atom is -0.437 e. The standard InChI is InChI=1S/C23H27F3N4O3/c1-17(23(24,25)26)33-21(32)28-12-9-22(10-13-28)8-5-11-30(22)20(31)19-14-27-29(16-19)15-18-6-3-2-4-7-18/h2-4,6-7,14,16-17H,5,8-13,15H2,1H3. The van der Waals surface area contributed by atoms with Crippen molar-refractivity contribution in [3.8, 4) is 0 Å². The van der Waals surface area contributed by atoms with Gasteiger partial charge in [-0.3, -0.25) is 9.48 Å². The van der Waals surface area contributed by atoms with Gasteiger partial charge in [-0.1, -0.05) is 30.3 Å². The summed E-state index contributed by atoms with van der Waals surface area (Å²) in [6.07, 6.45) is -1.73. The van der Waals surface area contributed by atoms with Gasteiger partial charge in [0, 0.05) is 31.4 Å². The summed E-state index contributed by atoms with van der Waals surface area (Å²) >= 11 is 0. The molecule has 33 heavy (non-hydrogen) atoms. The van der Waals surface area contributed by atoms with Crippen LogP contribution in [0.1, 0.15) is 48.5 Å². The lowest BCUT2D eigenvalue weighted by molar-refractivity contribution is -0.200. The topological polar surface area (TPSA) is 67.7 Å². The molecular weight excluding hydrogens is 437 g/mol. The van der Waals surface area contributed by atoms with Gasteiger partial charge in [0.15, 0.2) is 6.10 Å². The van der Waals surface area contributed by atoms with Crippen molar-refractivity contribution in [2.45, 2.75) is 57.0 Å². The van der Waals surface area contributed by atoms with E-state index in [-0.39, 0.29) is 19.0 Å². The van der Waals surface area contributed by atoms with Crippen LogP contribution in [-0.4, -0.2) is 69.0 Å². The molecule has 0 aliphatic carbocycles. The number of hydrogen-bond acceptors (Lipinski definition) is 4. The van der Waals surface area contributed by atoms with Gasteiger partial charge in [0.2, 0.25) is 0 Å². The number of amides is 2. The summed E-state index contributed by atoms with van der Waals surface area (Å²) in [5.74, 6) is -0.103. The molecule has 4 rings (SSSR count). The van der Waals surface area contributed by atoms with Crippen LogP contribution in [0.5, 0.6) is 0 Å². The zero-order chi connectivity index (χ0) is 23.6. The Bertz CT molecular complexity index is 984. The summed E-state index contributed by atoms with van der Waals surface area (Å²) in [6.45, 7) is 2.49. The molecule has 0 radical (unpaired) electrons. The Kier molecular flexibility index (Phi) is 6.36. The van der Waals surface area contributed by atoms with Gasteiger partial charge in [-0.25, -0.2) is 4.79 Å². The van der Waals surface area contributed by atoms with Gasteiger partial charge < -0.3 is 14.5 Å². The second kappa shape index (κ2) is 9.07. The lowest BCUT2D eigenvalue weighted by atomic mass is 9.85. The van der Waals surface area contributed by atoms with Crippen LogP contribution in [-0.2, 0) is 11.3 Å². The van der Waals surface area contributed by atoms with E-state index in [9.17, 15) is 22.8 Å². The van der Waals surface area contributed by atoms with Gasteiger partial charge in [-0.05, 0) is 38.2 Å². The fourth-order valence-corrected chi connectivity index (χ4v) is 4.66. The third kappa shape index (κ3) is 4.99. The molecule has 0 saturated carbocycles. The van der Waals surface area contributed by atoms with Crippen LogP contribution in [0.2, 0.25) is 0 Å². The molecule has 7 nitrogen and oxygen atoms in total. The van der Waals surface area contributed by atoms with Crippen molar-refractivity contribution in [2.24, 2.45) is 0 Å². The number of benzene rings is 1. The number of aromatic nitrogens is 2. The predicted octanol–water partition coefficient (Wildman–Crippen LogP) is 4.09. The Labute approximate surface area is 190 Å². The van der Waals surface area contributed by atoms with Crippen molar-refractivity contribution in [1.29, 1.82) is 0 Å². The molecule has 1 aromatic carbocycles. The number of nitrogens with zero attached hydrogens (tertiary/aromatic N) is 4. The lowest BCUT2D eigenvalue weighted by Gasteiger charge is -2.44. The summed E-state index contributed by atoms with van der Waals surface area (Å²) < 4.78 is 44.4. The monoisotopic (exact) mass is 464 g/mol. The second-order valence-electron chi connectivity index (χ2n) is 8.75. The Balaban J connectivity index is 1.38. The molecule has 3 heterocycles. The second-order valence-corrected chi connectivity index (χ2v) is 8.75. The number of likely N-dealkylation sites (tertiary alicyclic amines) is 2. The first-order valence-electron chi connectivity index (χ1n) is 11.1. The molecular formula is C23H27F3N4O3. The van der Waals surface area contributed by atoms with Crippen LogP contribution in [0.3, 0.4) is 0 Å². The summed E-state index contributed by atoms with van der Waals surface area (Å²) in [6, 6.07) is 9.83. The molecule has 1 aromatic heterocycles. The molecule has 1 atom stereocenters. The maximum atomic E-state index is 13.3. The molecule has 10 heteroatoms. The van der Waals surface area contributed by atoms with E-state index in [1.165, 1.54) is 4.90 Å². The SMILES string of the molecule is CC(OC(=O)N1CCC2(CCCN2C(=O)c2cnn(Cc3ccccc3)c2)CC1)C(F)(F)F. The average Bonchev–Trinajstić information content (AvgIpc) is 3.41. The highest BCUT2D eigenvalue weighted by molar-refractivity contribution is 5.94. The summed E-state index contributed by atoms with van der Waals surface area (Å²) in [5.41, 5.74) is 1.19. The number of ether oxygens (including phenoxy) is 1. The smallest absolute Gasteiger partial charge is 0.425 e. The van der Waals surface area contributed by atoms with Crippen molar-refractivity contribution in [2.75, 3.05) is 19.6 Å². The first kappa shape index (κ1) is 23.1. The van der Waals surface area contributed by atoms with E-state index in [0.29, 0.717) is 31.5 Å². The third-order valence-electron chi connectivity index (χ3n) is 6.60. The maximum Gasteiger partial charge on any atom is 0.425 e. The minimum atomic E-state index is -4.59. The molecule has 2 aliphatic rings. The van der Waals surface area contributed by atoms with E-state index in [1.807, 2.05) is 35.2 Å². The van der Waals surface area contributed by atoms with Crippen LogP contribution in [0, 0.1) is 0 Å². The molecule has 2 aromatic rings. The number of piperidine rings is 1. The predicted molar refractivity (Wildman–Crippen MR) is 114 cm³/mol. The molecule has 2 amide bonds. The number of carbonyl (C=O) groups is 2. The maximum absolute atomic E-state index is 13.3. The Morgan fingerprint density at radius 3 is 2.48 bits per heavy atom. The minimum absolute atomic E-state index is 0.103. The third-order valence-corrected chi connectivity index (χ3v) is 6.60. The normalized spacial score (nSPS) is 19.0. The first-order valence-corrected chi connectivity index (χ1v) is 11.1. The van der Waals surface area contributed by atoms with Crippen molar-refractivity contribution < 1.29 is 27.5 Å². The van der Waals surface area contributed by atoms with Crippen molar-refractivity contribution >= 4 is 12.0 Å². The van der Waals surface area contributed by atoms with Crippen LogP contribution >= 0.6 is 0 Å². The first-order chi connectivity index (χ1) is 15.7. The van der Waals surface area contributed by atoms with Crippen LogP contribution in [0.15, 0.2) is 42.7 Å². The van der Waals surface area contributed by atoms with E-state index in [2.05, 4.69) is 9.84 Å². The van der Waals surface area contributed by atoms with Crippen LogP contribution in [0.25, 0.3) is 0 Å². The van der Waals surface area contributed by atoms with Gasteiger partial charge in [0.1, 0.15) is 0 Å². The number of alkyl halides is 3. The van der Waals surface area contributed by atoms with E-state index < -0.39 is 23.9 Å². The number of rotatable bonds is 4. The Hall–Kier alpha value is -3.04. The number of halogens is 3. The van der Waals surface area contributed by atoms with E-state index in [4.69, 9.17) is 0 Å². The van der Waals surface area contributed by atoms with Gasteiger partial charge in [-0.2, -0.15) is 18.3 Å². The zero-order valence-electron chi connectivity index (χ0n) is 18.4. The molecule has 0 bridgehead atoms. The van der Waals surface area contributed by atoms with Crippen LogP contribution < -0.4 is 0 Å². The molecule has 2 aliphatic heterocycles. The quantitative estimate of drug-likeness (QED) is 0.684. The van der Waals surface area contributed by atoms with E-state index in [1.54, 1.807) is 17.1 Å². The van der Waals surface area contributed by atoms with Crippen molar-refractivity contribution in [3.63, 3.8) is 0 Å². The molecule has 2 saturated heterocycles. The van der Waals surface area contributed by atoms with Gasteiger partial charge in [-0.15, -0.1) is 0 Å². The molecule has 178 valence electrons. The highest BCUT2D eigenvalue weighted by Gasteiger charge is 2.47. The summed E-state index contributed by atoms with van der Waals surface area (Å²) in [7, 11) is 0. The van der Waals surface area contributed by atoms with Gasteiger partial charge >= 0.3 is 12.3 Å². The lowest BCUT2D eigenvalue weighted by Crippen LogP contribution is -2.55. The molecule has 1 unspecified atom stereocenters. The summed E-state index contributed by atoms with van der Waals surface area (Å²) in [4.78, 5) is 28.6. The fourth-order valence-electron chi connectivity index (χ4n) is 4.66. The Morgan fingerprint density at radius 1 is 1.12 bits per heavy atom. The van der Waals surface area contributed by atoms with Crippen molar-refractivity contribution in [3.05, 3.63) is 53.9 Å². The average molecular weight is 464 g/mol. The van der Waals surface area contributed by atoms with E-state index in [0.717, 1.165) is 25.3 Å². The number of hydrogen-bond donors (Lipinski definition) is 0. The van der Waals surface area contributed by atoms with Crippen LogP contribution in [0.4, 0.5) is 18.0 Å². The molecule has 1 spiro atoms. The highest BCUT2D eigenvalue weighted by atomic mass is 19.4. The summed E-state index contributed by atoms with van der Waals surface area (Å²) in [5, 5.41) is 4.33.